The number of hydrogen-bond donors (Lipinski definition) is 0. The van der Waals surface area contributed by atoms with Crippen LogP contribution in [0.2, 0.25) is 0 Å². The lowest BCUT2D eigenvalue weighted by atomic mass is 9.82. The Morgan fingerprint density at radius 2 is 0.965 bits per heavy atom. The predicted molar refractivity (Wildman–Crippen MR) is 245 cm³/mol. The molecular formula is C55H39NS. The van der Waals surface area contributed by atoms with Crippen LogP contribution in [-0.4, -0.2) is 0 Å². The van der Waals surface area contributed by atoms with Crippen molar-refractivity contribution in [3.63, 3.8) is 0 Å². The van der Waals surface area contributed by atoms with Crippen LogP contribution in [0.3, 0.4) is 0 Å². The largest absolute Gasteiger partial charge is 0.309 e. The summed E-state index contributed by atoms with van der Waals surface area (Å²) in [6.07, 6.45) is 0. The van der Waals surface area contributed by atoms with Crippen LogP contribution >= 0.6 is 11.3 Å². The third-order valence-electron chi connectivity index (χ3n) is 12.1. The van der Waals surface area contributed by atoms with Gasteiger partial charge in [0.1, 0.15) is 0 Å². The maximum atomic E-state index is 2.54. The zero-order valence-corrected chi connectivity index (χ0v) is 32.7. The molecule has 1 aliphatic rings. The Bertz CT molecular complexity index is 3140. The first kappa shape index (κ1) is 33.6. The summed E-state index contributed by atoms with van der Waals surface area (Å²) in [6, 6.07) is 74.0. The van der Waals surface area contributed by atoms with Crippen LogP contribution in [0.15, 0.2) is 200 Å². The Morgan fingerprint density at radius 1 is 0.386 bits per heavy atom. The number of rotatable bonds is 6. The molecule has 0 unspecified atom stereocenters. The monoisotopic (exact) mass is 745 g/mol. The molecule has 11 rings (SSSR count). The van der Waals surface area contributed by atoms with E-state index in [1.807, 2.05) is 11.3 Å². The van der Waals surface area contributed by atoms with Gasteiger partial charge in [0.15, 0.2) is 0 Å². The number of nitrogens with zero attached hydrogens (tertiary/aromatic N) is 1. The van der Waals surface area contributed by atoms with Gasteiger partial charge >= 0.3 is 0 Å². The summed E-state index contributed by atoms with van der Waals surface area (Å²) < 4.78 is 2.59. The van der Waals surface area contributed by atoms with Gasteiger partial charge in [0.2, 0.25) is 0 Å². The van der Waals surface area contributed by atoms with E-state index in [1.54, 1.807) is 0 Å². The number of benzene rings is 9. The standard InChI is InChI=1S/C55H39NS/c1-55(2)47-23-13-11-20-43(47)44-30-29-40(35-48(44)55)56(49-32-31-41(38-17-7-4-8-18-38)42-19-9-10-21-45(42)49)50-33-34-52-54(46-22-12-14-24-51(46)57-52)53(50)39-27-25-37(26-28-39)36-15-5-3-6-16-36/h3-35H,1-2H3. The Labute approximate surface area is 337 Å². The first-order valence-corrected chi connectivity index (χ1v) is 20.6. The summed E-state index contributed by atoms with van der Waals surface area (Å²) in [5.74, 6) is 0. The van der Waals surface area contributed by atoms with Crippen LogP contribution in [0.25, 0.3) is 75.5 Å². The molecule has 0 saturated heterocycles. The molecule has 0 aliphatic heterocycles. The molecular weight excluding hydrogens is 707 g/mol. The van der Waals surface area contributed by atoms with Crippen molar-refractivity contribution in [2.75, 3.05) is 4.90 Å². The summed E-state index contributed by atoms with van der Waals surface area (Å²) in [6.45, 7) is 4.75. The van der Waals surface area contributed by atoms with Gasteiger partial charge in [-0.25, -0.2) is 0 Å². The van der Waals surface area contributed by atoms with Crippen molar-refractivity contribution in [1.29, 1.82) is 0 Å². The van der Waals surface area contributed by atoms with Gasteiger partial charge in [-0.3, -0.25) is 0 Å². The molecule has 1 aromatic heterocycles. The minimum absolute atomic E-state index is 0.142. The highest BCUT2D eigenvalue weighted by Gasteiger charge is 2.36. The van der Waals surface area contributed by atoms with Gasteiger partial charge in [0, 0.05) is 42.2 Å². The molecule has 9 aromatic carbocycles. The molecule has 0 spiro atoms. The van der Waals surface area contributed by atoms with Gasteiger partial charge in [-0.15, -0.1) is 11.3 Å². The molecule has 0 amide bonds. The van der Waals surface area contributed by atoms with E-state index in [4.69, 9.17) is 0 Å². The highest BCUT2D eigenvalue weighted by molar-refractivity contribution is 7.26. The summed E-state index contributed by atoms with van der Waals surface area (Å²) >= 11 is 1.88. The maximum Gasteiger partial charge on any atom is 0.0547 e. The third kappa shape index (κ3) is 5.36. The lowest BCUT2D eigenvalue weighted by Crippen LogP contribution is -2.17. The third-order valence-corrected chi connectivity index (χ3v) is 13.2. The van der Waals surface area contributed by atoms with Crippen molar-refractivity contribution >= 4 is 59.3 Å². The summed E-state index contributed by atoms with van der Waals surface area (Å²) in [5.41, 5.74) is 16.0. The second-order valence-corrected chi connectivity index (χ2v) is 16.7. The minimum atomic E-state index is -0.142. The average Bonchev–Trinajstić information content (AvgIpc) is 3.76. The molecule has 0 atom stereocenters. The van der Waals surface area contributed by atoms with E-state index in [9.17, 15) is 0 Å². The highest BCUT2D eigenvalue weighted by Crippen LogP contribution is 2.54. The van der Waals surface area contributed by atoms with E-state index in [2.05, 4.69) is 219 Å². The van der Waals surface area contributed by atoms with Gasteiger partial charge < -0.3 is 4.90 Å². The summed E-state index contributed by atoms with van der Waals surface area (Å²) in [7, 11) is 0. The summed E-state index contributed by atoms with van der Waals surface area (Å²) in [5, 5.41) is 5.03. The lowest BCUT2D eigenvalue weighted by Gasteiger charge is -2.31. The zero-order valence-electron chi connectivity index (χ0n) is 31.9. The Hall–Kier alpha value is -6.74. The highest BCUT2D eigenvalue weighted by atomic mass is 32.1. The molecule has 2 heteroatoms. The lowest BCUT2D eigenvalue weighted by molar-refractivity contribution is 0.660. The fourth-order valence-electron chi connectivity index (χ4n) is 9.33. The second-order valence-electron chi connectivity index (χ2n) is 15.7. The quantitative estimate of drug-likeness (QED) is 0.164. The van der Waals surface area contributed by atoms with Crippen LogP contribution in [0.5, 0.6) is 0 Å². The molecule has 1 nitrogen and oxygen atoms in total. The van der Waals surface area contributed by atoms with Gasteiger partial charge in [-0.05, 0) is 91.9 Å². The van der Waals surface area contributed by atoms with Crippen molar-refractivity contribution in [1.82, 2.24) is 0 Å². The normalized spacial score (nSPS) is 12.9. The Balaban J connectivity index is 1.22. The molecule has 1 aliphatic carbocycles. The Kier molecular flexibility index (Phi) is 7.77. The molecule has 0 N–H and O–H groups in total. The topological polar surface area (TPSA) is 3.24 Å². The van der Waals surface area contributed by atoms with Gasteiger partial charge in [-0.2, -0.15) is 0 Å². The van der Waals surface area contributed by atoms with Crippen LogP contribution in [-0.2, 0) is 5.41 Å². The van der Waals surface area contributed by atoms with Crippen LogP contribution < -0.4 is 4.90 Å². The number of anilines is 3. The summed E-state index contributed by atoms with van der Waals surface area (Å²) in [4.78, 5) is 2.54. The van der Waals surface area contributed by atoms with Crippen LogP contribution in [0.1, 0.15) is 25.0 Å². The van der Waals surface area contributed by atoms with Crippen molar-refractivity contribution in [3.05, 3.63) is 211 Å². The van der Waals surface area contributed by atoms with E-state index in [0.29, 0.717) is 0 Å². The average molecular weight is 746 g/mol. The fourth-order valence-corrected chi connectivity index (χ4v) is 10.4. The number of thiophene rings is 1. The molecule has 270 valence electrons. The van der Waals surface area contributed by atoms with E-state index in [1.165, 1.54) is 86.6 Å². The van der Waals surface area contributed by atoms with Crippen molar-refractivity contribution in [2.45, 2.75) is 19.3 Å². The molecule has 0 radical (unpaired) electrons. The Morgan fingerprint density at radius 3 is 1.75 bits per heavy atom. The molecule has 0 fully saturated rings. The fraction of sp³-hybridized carbons (Fsp3) is 0.0545. The van der Waals surface area contributed by atoms with Gasteiger partial charge in [0.25, 0.3) is 0 Å². The molecule has 10 aromatic rings. The SMILES string of the molecule is CC1(C)c2ccccc2-c2ccc(N(c3ccc4sc5ccccc5c4c3-c3ccc(-c4ccccc4)cc3)c3ccc(-c4ccccc4)c4ccccc34)cc21. The smallest absolute Gasteiger partial charge is 0.0547 e. The van der Waals surface area contributed by atoms with Crippen LogP contribution in [0.4, 0.5) is 17.1 Å². The van der Waals surface area contributed by atoms with E-state index in [0.717, 1.165) is 17.1 Å². The maximum absolute atomic E-state index is 2.54. The zero-order chi connectivity index (χ0) is 38.1. The van der Waals surface area contributed by atoms with Gasteiger partial charge in [-0.1, -0.05) is 178 Å². The molecule has 1 heterocycles. The molecule has 57 heavy (non-hydrogen) atoms. The van der Waals surface area contributed by atoms with Gasteiger partial charge in [0.05, 0.1) is 11.4 Å². The molecule has 0 bridgehead atoms. The first-order valence-electron chi connectivity index (χ1n) is 19.8. The van der Waals surface area contributed by atoms with Crippen LogP contribution in [0, 0.1) is 0 Å². The minimum Gasteiger partial charge on any atom is -0.309 e. The van der Waals surface area contributed by atoms with E-state index < -0.39 is 0 Å². The van der Waals surface area contributed by atoms with E-state index >= 15 is 0 Å². The van der Waals surface area contributed by atoms with Crippen molar-refractivity contribution in [2.24, 2.45) is 0 Å². The number of hydrogen-bond acceptors (Lipinski definition) is 2. The molecule has 0 saturated carbocycles. The van der Waals surface area contributed by atoms with Crippen molar-refractivity contribution < 1.29 is 0 Å². The predicted octanol–water partition coefficient (Wildman–Crippen LogP) is 16.0. The first-order chi connectivity index (χ1) is 28.0. The van der Waals surface area contributed by atoms with Crippen molar-refractivity contribution in [3.8, 4) is 44.5 Å². The second kappa shape index (κ2) is 13.2. The van der Waals surface area contributed by atoms with E-state index in [-0.39, 0.29) is 5.41 Å². The number of fused-ring (bicyclic) bond motifs is 7.